The summed E-state index contributed by atoms with van der Waals surface area (Å²) in [5.41, 5.74) is -1.32. The Morgan fingerprint density at radius 3 is 2.19 bits per heavy atom. The molecule has 2 rings (SSSR count). The minimum absolute atomic E-state index is 0.147. The molecule has 0 unspecified atom stereocenters. The number of non-ortho nitro benzene ring substituents is 2. The summed E-state index contributed by atoms with van der Waals surface area (Å²) in [5, 5.41) is 33.1. The number of nitrogens with zero attached hydrogens (tertiary/aromatic N) is 5. The van der Waals surface area contributed by atoms with Gasteiger partial charge in [-0.3, -0.25) is 35.2 Å². The first-order valence-corrected chi connectivity index (χ1v) is 8.36. The van der Waals surface area contributed by atoms with Crippen LogP contribution in [0.25, 0.3) is 0 Å². The number of nitro benzene ring substituents is 2. The van der Waals surface area contributed by atoms with Gasteiger partial charge in [0.05, 0.1) is 27.5 Å². The van der Waals surface area contributed by atoms with Crippen molar-refractivity contribution < 1.29 is 14.6 Å². The molecule has 1 heterocycles. The topological polar surface area (TPSA) is 146 Å². The van der Waals surface area contributed by atoms with Crippen LogP contribution < -0.4 is 5.32 Å². The molecule has 0 aliphatic carbocycles. The number of hydrogen-bond donors (Lipinski definition) is 1. The fourth-order valence-corrected chi connectivity index (χ4v) is 2.84. The number of nitriles is 1. The molecule has 1 fully saturated rings. The molecule has 1 aromatic carbocycles. The Balaban J connectivity index is 2.03. The summed E-state index contributed by atoms with van der Waals surface area (Å²) in [4.78, 5) is 36.4. The third-order valence-electron chi connectivity index (χ3n) is 4.01. The van der Waals surface area contributed by atoms with E-state index in [0.29, 0.717) is 39.1 Å². The van der Waals surface area contributed by atoms with E-state index in [1.54, 1.807) is 4.90 Å². The molecule has 0 spiro atoms. The van der Waals surface area contributed by atoms with Crippen LogP contribution in [0.4, 0.5) is 11.4 Å². The van der Waals surface area contributed by atoms with Gasteiger partial charge in [0.25, 0.3) is 17.3 Å². The van der Waals surface area contributed by atoms with Crippen molar-refractivity contribution in [1.82, 2.24) is 15.1 Å². The molecule has 12 heteroatoms. The largest absolute Gasteiger partial charge is 0.346 e. The Labute approximate surface area is 159 Å². The molecule has 27 heavy (non-hydrogen) atoms. The third kappa shape index (κ3) is 5.40. The molecule has 11 nitrogen and oxygen atoms in total. The lowest BCUT2D eigenvalue weighted by molar-refractivity contribution is -0.394. The first-order chi connectivity index (χ1) is 12.8. The van der Waals surface area contributed by atoms with Gasteiger partial charge in [0.15, 0.2) is 5.11 Å². The van der Waals surface area contributed by atoms with Gasteiger partial charge in [0, 0.05) is 51.3 Å². The van der Waals surface area contributed by atoms with Gasteiger partial charge in [-0.1, -0.05) is 0 Å². The smallest absolute Gasteiger partial charge is 0.277 e. The molecule has 1 N–H and O–H groups in total. The standard InChI is InChI=1S/C15H16N6O5S/c16-2-1-3-18-4-6-19(7-5-18)15(27)17-14(22)11-8-12(20(23)24)10-13(9-11)21(25)26/h8-10H,1,3-7H2,(H,17,22,27). The van der Waals surface area contributed by atoms with E-state index in [0.717, 1.165) is 18.2 Å². The number of amides is 1. The molecule has 1 aromatic rings. The van der Waals surface area contributed by atoms with Crippen molar-refractivity contribution in [1.29, 1.82) is 5.26 Å². The predicted octanol–water partition coefficient (Wildman–Crippen LogP) is 1.05. The molecule has 0 bridgehead atoms. The first-order valence-electron chi connectivity index (χ1n) is 7.95. The molecular weight excluding hydrogens is 376 g/mol. The summed E-state index contributed by atoms with van der Waals surface area (Å²) in [6, 6.07) is 4.80. The van der Waals surface area contributed by atoms with E-state index >= 15 is 0 Å². The van der Waals surface area contributed by atoms with Crippen molar-refractivity contribution in [3.63, 3.8) is 0 Å². The molecule has 142 valence electrons. The third-order valence-corrected chi connectivity index (χ3v) is 4.37. The molecule has 0 saturated carbocycles. The van der Waals surface area contributed by atoms with Crippen LogP contribution in [-0.4, -0.2) is 63.4 Å². The van der Waals surface area contributed by atoms with E-state index < -0.39 is 27.1 Å². The number of piperazine rings is 1. The lowest BCUT2D eigenvalue weighted by Crippen LogP contribution is -2.52. The van der Waals surface area contributed by atoms with Gasteiger partial charge < -0.3 is 4.90 Å². The summed E-state index contributed by atoms with van der Waals surface area (Å²) in [5.74, 6) is -0.751. The highest BCUT2D eigenvalue weighted by Crippen LogP contribution is 2.22. The van der Waals surface area contributed by atoms with Gasteiger partial charge in [0.2, 0.25) is 0 Å². The van der Waals surface area contributed by atoms with Crippen molar-refractivity contribution >= 4 is 34.6 Å². The van der Waals surface area contributed by atoms with Crippen LogP contribution in [0.3, 0.4) is 0 Å². The fourth-order valence-electron chi connectivity index (χ4n) is 2.57. The van der Waals surface area contributed by atoms with Gasteiger partial charge in [-0.2, -0.15) is 5.26 Å². The maximum absolute atomic E-state index is 12.3. The highest BCUT2D eigenvalue weighted by Gasteiger charge is 2.23. The first kappa shape index (κ1) is 20.1. The van der Waals surface area contributed by atoms with Crippen LogP contribution in [0.5, 0.6) is 0 Å². The summed E-state index contributed by atoms with van der Waals surface area (Å²) in [6.07, 6.45) is 0.437. The Morgan fingerprint density at radius 1 is 1.15 bits per heavy atom. The lowest BCUT2D eigenvalue weighted by Gasteiger charge is -2.35. The molecule has 0 atom stereocenters. The molecule has 0 aromatic heterocycles. The summed E-state index contributed by atoms with van der Waals surface area (Å²) < 4.78 is 0. The SMILES string of the molecule is N#CCCN1CCN(C(=S)NC(=O)c2cc([N+](=O)[O-])cc([N+](=O)[O-])c2)CC1. The number of carbonyl (C=O) groups excluding carboxylic acids is 1. The van der Waals surface area contributed by atoms with Crippen LogP contribution >= 0.6 is 12.2 Å². The zero-order valence-corrected chi connectivity index (χ0v) is 15.0. The maximum atomic E-state index is 12.3. The monoisotopic (exact) mass is 392 g/mol. The molecule has 0 radical (unpaired) electrons. The molecule has 1 aliphatic heterocycles. The van der Waals surface area contributed by atoms with Crippen molar-refractivity contribution in [2.75, 3.05) is 32.7 Å². The van der Waals surface area contributed by atoms with Crippen molar-refractivity contribution in [2.24, 2.45) is 0 Å². The predicted molar refractivity (Wildman–Crippen MR) is 98.1 cm³/mol. The zero-order chi connectivity index (χ0) is 20.0. The lowest BCUT2D eigenvalue weighted by atomic mass is 10.1. The van der Waals surface area contributed by atoms with Crippen molar-refractivity contribution in [3.8, 4) is 6.07 Å². The van der Waals surface area contributed by atoms with Crippen LogP contribution in [0, 0.1) is 31.6 Å². The number of nitro groups is 2. The van der Waals surface area contributed by atoms with Gasteiger partial charge >= 0.3 is 0 Å². The summed E-state index contributed by atoms with van der Waals surface area (Å²) in [6.45, 7) is 3.14. The summed E-state index contributed by atoms with van der Waals surface area (Å²) in [7, 11) is 0. The Kier molecular flexibility index (Phi) is 6.69. The van der Waals surface area contributed by atoms with Crippen LogP contribution in [0.2, 0.25) is 0 Å². The van der Waals surface area contributed by atoms with Crippen LogP contribution in [-0.2, 0) is 0 Å². The zero-order valence-electron chi connectivity index (χ0n) is 14.2. The molecule has 1 aliphatic rings. The van der Waals surface area contributed by atoms with Crippen molar-refractivity contribution in [2.45, 2.75) is 6.42 Å². The Bertz CT molecular complexity index is 783. The number of nitrogens with one attached hydrogen (secondary N) is 1. The van der Waals surface area contributed by atoms with Crippen LogP contribution in [0.15, 0.2) is 18.2 Å². The normalized spacial score (nSPS) is 14.3. The second kappa shape index (κ2) is 8.97. The minimum Gasteiger partial charge on any atom is -0.346 e. The van der Waals surface area contributed by atoms with Gasteiger partial charge in [-0.05, 0) is 12.2 Å². The van der Waals surface area contributed by atoms with E-state index in [4.69, 9.17) is 17.5 Å². The number of benzene rings is 1. The second-order valence-corrected chi connectivity index (χ2v) is 6.14. The second-order valence-electron chi connectivity index (χ2n) is 5.75. The van der Waals surface area contributed by atoms with E-state index in [1.807, 2.05) is 0 Å². The fraction of sp³-hybridized carbons (Fsp3) is 0.400. The van der Waals surface area contributed by atoms with Gasteiger partial charge in [-0.15, -0.1) is 0 Å². The Morgan fingerprint density at radius 2 is 1.70 bits per heavy atom. The van der Waals surface area contributed by atoms with Crippen molar-refractivity contribution in [3.05, 3.63) is 44.0 Å². The van der Waals surface area contributed by atoms with E-state index in [-0.39, 0.29) is 10.7 Å². The summed E-state index contributed by atoms with van der Waals surface area (Å²) >= 11 is 5.20. The van der Waals surface area contributed by atoms with Gasteiger partial charge in [-0.25, -0.2) is 0 Å². The highest BCUT2D eigenvalue weighted by atomic mass is 32.1. The Hall–Kier alpha value is -3.17. The average molecular weight is 392 g/mol. The van der Waals surface area contributed by atoms with E-state index in [2.05, 4.69) is 16.3 Å². The highest BCUT2D eigenvalue weighted by molar-refractivity contribution is 7.80. The average Bonchev–Trinajstić information content (AvgIpc) is 2.66. The number of rotatable bonds is 5. The van der Waals surface area contributed by atoms with E-state index in [1.165, 1.54) is 0 Å². The number of thiocarbonyl (C=S) groups is 1. The van der Waals surface area contributed by atoms with Crippen LogP contribution in [0.1, 0.15) is 16.8 Å². The molecule has 1 amide bonds. The molecular formula is C15H16N6O5S. The minimum atomic E-state index is -0.803. The molecule has 1 saturated heterocycles. The number of hydrogen-bond acceptors (Lipinski definition) is 8. The van der Waals surface area contributed by atoms with Gasteiger partial charge in [0.1, 0.15) is 0 Å². The quantitative estimate of drug-likeness (QED) is 0.441. The number of carbonyl (C=O) groups is 1. The van der Waals surface area contributed by atoms with E-state index in [9.17, 15) is 25.0 Å². The maximum Gasteiger partial charge on any atom is 0.277 e.